The predicted molar refractivity (Wildman–Crippen MR) is 451 cm³/mol. The highest BCUT2D eigenvalue weighted by Gasteiger charge is 2.23. The summed E-state index contributed by atoms with van der Waals surface area (Å²) >= 11 is 0. The molecule has 0 fully saturated rings. The van der Waals surface area contributed by atoms with Crippen molar-refractivity contribution in [3.8, 4) is 79.2 Å². The summed E-state index contributed by atoms with van der Waals surface area (Å²) in [4.78, 5) is 25.8. The van der Waals surface area contributed by atoms with E-state index in [0.29, 0.717) is 11.6 Å². The number of rotatable bonds is 16. The maximum Gasteiger partial charge on any atom is 0.160 e. The van der Waals surface area contributed by atoms with Gasteiger partial charge in [-0.3, -0.25) is 0 Å². The first-order chi connectivity index (χ1) is 52.8. The zero-order valence-electron chi connectivity index (χ0n) is 61.5. The Balaban J connectivity index is 0.629. The van der Waals surface area contributed by atoms with Gasteiger partial charge in [0.15, 0.2) is 11.6 Å². The van der Waals surface area contributed by atoms with E-state index in [1.54, 1.807) is 0 Å². The summed E-state index contributed by atoms with van der Waals surface area (Å²) < 4.78 is 4.82. The number of nitrogens with zero attached hydrogens (tertiary/aromatic N) is 8. The lowest BCUT2D eigenvalue weighted by Gasteiger charge is -2.26. The second-order valence-corrected chi connectivity index (χ2v) is 28.9. The van der Waals surface area contributed by atoms with Gasteiger partial charge in [0, 0.05) is 100 Å². The van der Waals surface area contributed by atoms with Crippen molar-refractivity contribution in [3.63, 3.8) is 0 Å². The summed E-state index contributed by atoms with van der Waals surface area (Å²) in [5, 5.41) is 4.75. The Morgan fingerprint density at radius 1 is 0.250 bits per heavy atom. The van der Waals surface area contributed by atoms with Crippen molar-refractivity contribution in [1.29, 1.82) is 0 Å². The van der Waals surface area contributed by atoms with E-state index < -0.39 is 0 Å². The third-order valence-electron chi connectivity index (χ3n) is 21.1. The van der Waals surface area contributed by atoms with Crippen LogP contribution in [0.3, 0.4) is 0 Å². The van der Waals surface area contributed by atoms with Gasteiger partial charge in [-0.15, -0.1) is 0 Å². The standard InChI is InChI=1S/C100H78N8/c1-64-27-37-73(38-28-64)90-62-91(74-41-49-82(50-42-74)107-94-25-13-11-23-85(94)88-60-84(51-53-96(88)107)106(79-43-29-65(2)30-44-79)80-45-31-66(3)32-46-80)102-99(101-90)75-39-33-71(34-40-75)59-72-35-47-81(48-36-72)105(78-21-9-8-10-22-78)83-52-54-97-89(61-83)86-24-12-14-26-95(86)108(97)98-58-69(6)87(57-70(98)7)93-63-92(76-19-15-17-67(4)55-76)103-100(104-93)77-20-16-18-68(5)56-77/h8-58,60-63H,59H2,1-7H3. The third kappa shape index (κ3) is 12.7. The molecule has 0 radical (unpaired) electrons. The van der Waals surface area contributed by atoms with Gasteiger partial charge in [-0.1, -0.05) is 216 Å². The number of aromatic nitrogens is 6. The topological polar surface area (TPSA) is 67.9 Å². The molecule has 0 atom stereocenters. The monoisotopic (exact) mass is 1390 g/mol. The Kier molecular flexibility index (Phi) is 17.1. The van der Waals surface area contributed by atoms with Gasteiger partial charge in [-0.2, -0.15) is 0 Å². The quantitative estimate of drug-likeness (QED) is 0.0960. The molecule has 8 heteroatoms. The number of benzene rings is 14. The SMILES string of the molecule is Cc1ccc(-c2cc(-c3ccc(-n4c5ccccc5c5cc(N(c6ccc(C)cc6)c6ccc(C)cc6)ccc54)cc3)nc(-c3ccc(Cc4ccc(N(c5ccccc5)c5ccc6c(c5)c5ccccc5n6-c5cc(C)c(-c6cc(-c7cccc(C)c7)nc(-c7cccc(C)c7)n6)cc5C)cc4)cc3)n2)cc1. The van der Waals surface area contributed by atoms with Gasteiger partial charge in [0.2, 0.25) is 0 Å². The maximum atomic E-state index is 5.34. The van der Waals surface area contributed by atoms with Crippen LogP contribution in [0.1, 0.15) is 50.1 Å². The molecular weight excluding hydrogens is 1310 g/mol. The summed E-state index contributed by atoms with van der Waals surface area (Å²) in [6.45, 7) is 15.1. The molecule has 18 rings (SSSR count). The number of para-hydroxylation sites is 3. The van der Waals surface area contributed by atoms with Crippen molar-refractivity contribution in [2.45, 2.75) is 54.9 Å². The Morgan fingerprint density at radius 3 is 1.22 bits per heavy atom. The first-order valence-corrected chi connectivity index (χ1v) is 37.1. The maximum absolute atomic E-state index is 5.34. The van der Waals surface area contributed by atoms with Crippen molar-refractivity contribution >= 4 is 77.7 Å². The summed E-state index contributed by atoms with van der Waals surface area (Å²) in [6, 6.07) is 121. The highest BCUT2D eigenvalue weighted by molar-refractivity contribution is 6.12. The summed E-state index contributed by atoms with van der Waals surface area (Å²) in [5.41, 5.74) is 33.7. The average molecular weight is 1390 g/mol. The minimum atomic E-state index is 0.676. The highest BCUT2D eigenvalue weighted by Crippen LogP contribution is 2.44. The Labute approximate surface area is 630 Å². The van der Waals surface area contributed by atoms with Crippen LogP contribution in [0.4, 0.5) is 34.1 Å². The number of fused-ring (bicyclic) bond motifs is 6. The van der Waals surface area contributed by atoms with Gasteiger partial charge in [-0.05, 0) is 223 Å². The molecule has 0 aliphatic carbocycles. The normalized spacial score (nSPS) is 11.5. The van der Waals surface area contributed by atoms with Crippen LogP contribution in [-0.4, -0.2) is 29.1 Å². The van der Waals surface area contributed by atoms with E-state index in [9.17, 15) is 0 Å². The van der Waals surface area contributed by atoms with Crippen LogP contribution in [0.5, 0.6) is 0 Å². The number of anilines is 6. The molecule has 14 aromatic carbocycles. The predicted octanol–water partition coefficient (Wildman–Crippen LogP) is 26.2. The number of aryl methyl sites for hydroxylation is 7. The van der Waals surface area contributed by atoms with Gasteiger partial charge in [0.05, 0.1) is 44.8 Å². The Hall–Kier alpha value is -13.6. The fraction of sp³-hybridized carbons (Fsp3) is 0.0800. The van der Waals surface area contributed by atoms with E-state index in [1.807, 2.05) is 0 Å². The van der Waals surface area contributed by atoms with Crippen LogP contribution < -0.4 is 9.80 Å². The molecule has 108 heavy (non-hydrogen) atoms. The van der Waals surface area contributed by atoms with Crippen molar-refractivity contribution < 1.29 is 0 Å². The molecule has 4 aromatic heterocycles. The Morgan fingerprint density at radius 2 is 0.657 bits per heavy atom. The summed E-state index contributed by atoms with van der Waals surface area (Å²) in [6.07, 6.45) is 0.757. The molecule has 518 valence electrons. The van der Waals surface area contributed by atoms with Crippen molar-refractivity contribution in [2.24, 2.45) is 0 Å². The van der Waals surface area contributed by atoms with Crippen LogP contribution >= 0.6 is 0 Å². The average Bonchev–Trinajstić information content (AvgIpc) is 1.59. The van der Waals surface area contributed by atoms with Gasteiger partial charge >= 0.3 is 0 Å². The van der Waals surface area contributed by atoms with E-state index in [1.165, 1.54) is 60.5 Å². The second-order valence-electron chi connectivity index (χ2n) is 28.9. The summed E-state index contributed by atoms with van der Waals surface area (Å²) in [5.74, 6) is 1.39. The zero-order chi connectivity index (χ0) is 73.1. The van der Waals surface area contributed by atoms with Crippen molar-refractivity contribution in [3.05, 3.63) is 384 Å². The molecule has 0 aliphatic rings. The molecule has 0 aliphatic heterocycles. The first-order valence-electron chi connectivity index (χ1n) is 37.1. The lowest BCUT2D eigenvalue weighted by Crippen LogP contribution is -2.10. The minimum Gasteiger partial charge on any atom is -0.310 e. The number of hydrogen-bond acceptors (Lipinski definition) is 6. The summed E-state index contributed by atoms with van der Waals surface area (Å²) in [7, 11) is 0. The molecule has 0 spiro atoms. The molecule has 18 aromatic rings. The molecule has 0 saturated carbocycles. The van der Waals surface area contributed by atoms with Crippen LogP contribution in [0.15, 0.2) is 334 Å². The Bertz CT molecular complexity index is 6320. The van der Waals surface area contributed by atoms with Crippen LogP contribution in [0.2, 0.25) is 0 Å². The highest BCUT2D eigenvalue weighted by atomic mass is 15.2. The van der Waals surface area contributed by atoms with Crippen LogP contribution in [0, 0.1) is 48.5 Å². The lowest BCUT2D eigenvalue weighted by atomic mass is 9.98. The van der Waals surface area contributed by atoms with Crippen molar-refractivity contribution in [2.75, 3.05) is 9.80 Å². The molecule has 0 bridgehead atoms. The third-order valence-corrected chi connectivity index (χ3v) is 21.1. The lowest BCUT2D eigenvalue weighted by molar-refractivity contribution is 1.13. The first kappa shape index (κ1) is 66.4. The fourth-order valence-corrected chi connectivity index (χ4v) is 15.5. The molecule has 4 heterocycles. The second kappa shape index (κ2) is 27.8. The minimum absolute atomic E-state index is 0.676. The largest absolute Gasteiger partial charge is 0.310 e. The number of hydrogen-bond donors (Lipinski definition) is 0. The molecule has 0 N–H and O–H groups in total. The van der Waals surface area contributed by atoms with E-state index in [2.05, 4.69) is 401 Å². The molecule has 0 unspecified atom stereocenters. The molecule has 8 nitrogen and oxygen atoms in total. The van der Waals surface area contributed by atoms with Gasteiger partial charge in [-0.25, -0.2) is 19.9 Å². The van der Waals surface area contributed by atoms with Crippen LogP contribution in [-0.2, 0) is 6.42 Å². The van der Waals surface area contributed by atoms with Gasteiger partial charge in [0.25, 0.3) is 0 Å². The fourth-order valence-electron chi connectivity index (χ4n) is 15.5. The smallest absolute Gasteiger partial charge is 0.160 e. The van der Waals surface area contributed by atoms with Crippen molar-refractivity contribution in [1.82, 2.24) is 29.1 Å². The zero-order valence-corrected chi connectivity index (χ0v) is 61.5. The van der Waals surface area contributed by atoms with Crippen LogP contribution in [0.25, 0.3) is 123 Å². The van der Waals surface area contributed by atoms with E-state index in [-0.39, 0.29) is 0 Å². The van der Waals surface area contributed by atoms with E-state index in [4.69, 9.17) is 19.9 Å². The molecule has 0 saturated heterocycles. The van der Waals surface area contributed by atoms with E-state index >= 15 is 0 Å². The molecule has 0 amide bonds. The van der Waals surface area contributed by atoms with Gasteiger partial charge < -0.3 is 18.9 Å². The van der Waals surface area contributed by atoms with E-state index in [0.717, 1.165) is 141 Å². The van der Waals surface area contributed by atoms with Gasteiger partial charge in [0.1, 0.15) is 0 Å². The molecular formula is C100H78N8.